The molecular formula is C12H12O5S. The number of carboxylic acids is 1. The SMILES string of the molecule is CCOC(=O)C(=O)c1ccc(SCC(=O)O)cc1. The lowest BCUT2D eigenvalue weighted by molar-refractivity contribution is -0.137. The molecule has 0 aliphatic carbocycles. The van der Waals surface area contributed by atoms with Crippen LogP contribution in [0.25, 0.3) is 0 Å². The predicted molar refractivity (Wildman–Crippen MR) is 65.8 cm³/mol. The van der Waals surface area contributed by atoms with Crippen molar-refractivity contribution in [3.05, 3.63) is 29.8 Å². The lowest BCUT2D eigenvalue weighted by atomic mass is 10.1. The largest absolute Gasteiger partial charge is 0.481 e. The van der Waals surface area contributed by atoms with Crippen LogP contribution in [0, 0.1) is 0 Å². The molecule has 0 radical (unpaired) electrons. The number of aliphatic carboxylic acids is 1. The Morgan fingerprint density at radius 2 is 1.83 bits per heavy atom. The summed E-state index contributed by atoms with van der Waals surface area (Å²) in [7, 11) is 0. The summed E-state index contributed by atoms with van der Waals surface area (Å²) in [4.78, 5) is 33.8. The van der Waals surface area contributed by atoms with Crippen molar-refractivity contribution in [2.45, 2.75) is 11.8 Å². The van der Waals surface area contributed by atoms with Crippen molar-refractivity contribution in [1.29, 1.82) is 0 Å². The third kappa shape index (κ3) is 4.21. The Kier molecular flexibility index (Phi) is 5.38. The first-order chi connectivity index (χ1) is 8.54. The number of carbonyl (C=O) groups excluding carboxylic acids is 2. The Morgan fingerprint density at radius 1 is 1.22 bits per heavy atom. The minimum atomic E-state index is -0.910. The number of rotatable bonds is 6. The van der Waals surface area contributed by atoms with Crippen LogP contribution in [0.15, 0.2) is 29.2 Å². The number of esters is 1. The molecule has 0 aromatic heterocycles. The van der Waals surface area contributed by atoms with Gasteiger partial charge in [-0.15, -0.1) is 11.8 Å². The van der Waals surface area contributed by atoms with Gasteiger partial charge in [-0.2, -0.15) is 0 Å². The van der Waals surface area contributed by atoms with E-state index in [0.717, 1.165) is 16.7 Å². The van der Waals surface area contributed by atoms with E-state index in [4.69, 9.17) is 5.11 Å². The van der Waals surface area contributed by atoms with Crippen LogP contribution in [0.4, 0.5) is 0 Å². The molecule has 0 saturated heterocycles. The van der Waals surface area contributed by atoms with Gasteiger partial charge in [-0.25, -0.2) is 4.79 Å². The molecule has 96 valence electrons. The molecule has 0 fully saturated rings. The lowest BCUT2D eigenvalue weighted by Gasteiger charge is -2.02. The van der Waals surface area contributed by atoms with E-state index in [1.807, 2.05) is 0 Å². The highest BCUT2D eigenvalue weighted by Gasteiger charge is 2.16. The van der Waals surface area contributed by atoms with Gasteiger partial charge in [0.1, 0.15) is 0 Å². The fourth-order valence-electron chi connectivity index (χ4n) is 1.16. The summed E-state index contributed by atoms with van der Waals surface area (Å²) in [6.07, 6.45) is 0. The third-order valence-corrected chi connectivity index (χ3v) is 2.94. The Morgan fingerprint density at radius 3 is 2.33 bits per heavy atom. The van der Waals surface area contributed by atoms with Gasteiger partial charge in [0.05, 0.1) is 12.4 Å². The van der Waals surface area contributed by atoms with Gasteiger partial charge in [-0.05, 0) is 31.2 Å². The number of benzene rings is 1. The Hall–Kier alpha value is -1.82. The summed E-state index contributed by atoms with van der Waals surface area (Å²) in [5, 5.41) is 8.51. The maximum absolute atomic E-state index is 11.5. The third-order valence-electron chi connectivity index (χ3n) is 1.94. The number of ether oxygens (including phenoxy) is 1. The van der Waals surface area contributed by atoms with Crippen molar-refractivity contribution in [2.75, 3.05) is 12.4 Å². The van der Waals surface area contributed by atoms with Gasteiger partial charge < -0.3 is 9.84 Å². The zero-order chi connectivity index (χ0) is 13.5. The maximum Gasteiger partial charge on any atom is 0.379 e. The predicted octanol–water partition coefficient (Wildman–Crippen LogP) is 1.61. The monoisotopic (exact) mass is 268 g/mol. The van der Waals surface area contributed by atoms with Crippen LogP contribution in [0.3, 0.4) is 0 Å². The number of ketones is 1. The first kappa shape index (κ1) is 14.2. The van der Waals surface area contributed by atoms with Crippen LogP contribution >= 0.6 is 11.8 Å². The van der Waals surface area contributed by atoms with E-state index in [-0.39, 0.29) is 17.9 Å². The fraction of sp³-hybridized carbons (Fsp3) is 0.250. The average molecular weight is 268 g/mol. The van der Waals surface area contributed by atoms with Gasteiger partial charge in [0.15, 0.2) is 0 Å². The minimum Gasteiger partial charge on any atom is -0.481 e. The molecule has 0 aliphatic rings. The molecule has 1 rings (SSSR count). The van der Waals surface area contributed by atoms with E-state index in [0.29, 0.717) is 0 Å². The summed E-state index contributed by atoms with van der Waals surface area (Å²) in [5.41, 5.74) is 0.230. The molecule has 0 atom stereocenters. The van der Waals surface area contributed by atoms with Crippen molar-refractivity contribution in [1.82, 2.24) is 0 Å². The Balaban J connectivity index is 2.67. The number of thioether (sulfide) groups is 1. The van der Waals surface area contributed by atoms with Crippen LogP contribution in [0.1, 0.15) is 17.3 Å². The van der Waals surface area contributed by atoms with Gasteiger partial charge in [0.2, 0.25) is 0 Å². The second-order valence-corrected chi connectivity index (χ2v) is 4.31. The summed E-state index contributed by atoms with van der Waals surface area (Å²) in [6, 6.07) is 6.15. The molecule has 1 aromatic rings. The van der Waals surface area contributed by atoms with E-state index >= 15 is 0 Å². The number of carboxylic acid groups (broad SMARTS) is 1. The highest BCUT2D eigenvalue weighted by Crippen LogP contribution is 2.18. The maximum atomic E-state index is 11.5. The molecule has 0 heterocycles. The van der Waals surface area contributed by atoms with Crippen LogP contribution in [0.2, 0.25) is 0 Å². The molecule has 0 bridgehead atoms. The standard InChI is InChI=1S/C12H12O5S/c1-2-17-12(16)11(15)8-3-5-9(6-4-8)18-7-10(13)14/h3-6H,2,7H2,1H3,(H,13,14). The van der Waals surface area contributed by atoms with Crippen molar-refractivity contribution in [3.8, 4) is 0 Å². The smallest absolute Gasteiger partial charge is 0.379 e. The minimum absolute atomic E-state index is 0.0504. The number of carbonyl (C=O) groups is 3. The summed E-state index contributed by atoms with van der Waals surface area (Å²) in [6.45, 7) is 1.77. The van der Waals surface area contributed by atoms with E-state index in [1.165, 1.54) is 12.1 Å². The van der Waals surface area contributed by atoms with Gasteiger partial charge in [-0.1, -0.05) is 0 Å². The van der Waals surface area contributed by atoms with Crippen molar-refractivity contribution >= 4 is 29.5 Å². The summed E-state index contributed by atoms with van der Waals surface area (Å²) in [5.74, 6) is -2.55. The van der Waals surface area contributed by atoms with Crippen LogP contribution < -0.4 is 0 Å². The molecular weight excluding hydrogens is 256 g/mol. The molecule has 5 nitrogen and oxygen atoms in total. The normalized spacial score (nSPS) is 9.83. The molecule has 0 spiro atoms. The quantitative estimate of drug-likeness (QED) is 0.365. The fourth-order valence-corrected chi connectivity index (χ4v) is 1.78. The number of hydrogen-bond acceptors (Lipinski definition) is 5. The molecule has 6 heteroatoms. The first-order valence-corrected chi connectivity index (χ1v) is 6.19. The van der Waals surface area contributed by atoms with Gasteiger partial charge in [0.25, 0.3) is 5.78 Å². The summed E-state index contributed by atoms with van der Waals surface area (Å²) < 4.78 is 4.60. The second-order valence-electron chi connectivity index (χ2n) is 3.26. The van der Waals surface area contributed by atoms with Crippen LogP contribution in [-0.2, 0) is 14.3 Å². The molecule has 1 aromatic carbocycles. The zero-order valence-corrected chi connectivity index (χ0v) is 10.5. The van der Waals surface area contributed by atoms with E-state index < -0.39 is 17.7 Å². The second kappa shape index (κ2) is 6.80. The van der Waals surface area contributed by atoms with E-state index in [2.05, 4.69) is 4.74 Å². The highest BCUT2D eigenvalue weighted by atomic mass is 32.2. The van der Waals surface area contributed by atoms with E-state index in [9.17, 15) is 14.4 Å². The molecule has 1 N–H and O–H groups in total. The van der Waals surface area contributed by atoms with Crippen LogP contribution in [-0.4, -0.2) is 35.2 Å². The van der Waals surface area contributed by atoms with Crippen LogP contribution in [0.5, 0.6) is 0 Å². The van der Waals surface area contributed by atoms with Crippen molar-refractivity contribution in [2.24, 2.45) is 0 Å². The van der Waals surface area contributed by atoms with Crippen molar-refractivity contribution in [3.63, 3.8) is 0 Å². The number of hydrogen-bond donors (Lipinski definition) is 1. The Labute approximate surface area is 108 Å². The lowest BCUT2D eigenvalue weighted by Crippen LogP contribution is -2.17. The summed E-state index contributed by atoms with van der Waals surface area (Å²) >= 11 is 1.14. The van der Waals surface area contributed by atoms with E-state index in [1.54, 1.807) is 19.1 Å². The van der Waals surface area contributed by atoms with Gasteiger partial charge in [0, 0.05) is 10.5 Å². The first-order valence-electron chi connectivity index (χ1n) is 5.20. The molecule has 0 aliphatic heterocycles. The van der Waals surface area contributed by atoms with Gasteiger partial charge >= 0.3 is 11.9 Å². The highest BCUT2D eigenvalue weighted by molar-refractivity contribution is 8.00. The average Bonchev–Trinajstić information content (AvgIpc) is 2.36. The van der Waals surface area contributed by atoms with Crippen molar-refractivity contribution < 1.29 is 24.2 Å². The molecule has 0 amide bonds. The Bertz CT molecular complexity index is 452. The van der Waals surface area contributed by atoms with Gasteiger partial charge in [-0.3, -0.25) is 9.59 Å². The molecule has 0 saturated carbocycles. The molecule has 18 heavy (non-hydrogen) atoms. The zero-order valence-electron chi connectivity index (χ0n) is 9.71. The number of Topliss-reactive ketones (excluding diaryl/α,β-unsaturated/α-hetero) is 1. The topological polar surface area (TPSA) is 80.7 Å². The molecule has 0 unspecified atom stereocenters.